The van der Waals surface area contributed by atoms with Gasteiger partial charge in [-0.3, -0.25) is 9.59 Å². The summed E-state index contributed by atoms with van der Waals surface area (Å²) in [6, 6.07) is 6.18. The fourth-order valence-electron chi connectivity index (χ4n) is 1.54. The van der Waals surface area contributed by atoms with Gasteiger partial charge in [-0.05, 0) is 23.8 Å². The molecule has 5 heteroatoms. The third-order valence-corrected chi connectivity index (χ3v) is 2.69. The molecule has 1 aromatic heterocycles. The molecule has 0 amide bonds. The lowest BCUT2D eigenvalue weighted by molar-refractivity contribution is 0.112. The second kappa shape index (κ2) is 4.73. The van der Waals surface area contributed by atoms with E-state index in [4.69, 9.17) is 23.2 Å². The maximum Gasteiger partial charge on any atom is 0.248 e. The number of aromatic nitrogens is 1. The topological polar surface area (TPSA) is 49.9 Å². The predicted molar refractivity (Wildman–Crippen MR) is 67.9 cm³/mol. The largest absolute Gasteiger partial charge is 0.328 e. The first-order valence-corrected chi connectivity index (χ1v) is 5.50. The normalized spacial score (nSPS) is 10.2. The van der Waals surface area contributed by atoms with Crippen molar-refractivity contribution in [1.29, 1.82) is 0 Å². The van der Waals surface area contributed by atoms with Crippen LogP contribution >= 0.6 is 23.2 Å². The van der Waals surface area contributed by atoms with Gasteiger partial charge in [0.15, 0.2) is 6.29 Å². The molecule has 0 atom stereocenters. The molecular formula is C12H7Cl2NO2. The number of benzene rings is 1. The second-order valence-corrected chi connectivity index (χ2v) is 4.32. The van der Waals surface area contributed by atoms with E-state index in [2.05, 4.69) is 4.98 Å². The highest BCUT2D eigenvalue weighted by Gasteiger charge is 2.07. The Kier molecular flexibility index (Phi) is 3.31. The number of carbonyl (C=O) groups is 1. The molecule has 0 bridgehead atoms. The van der Waals surface area contributed by atoms with Crippen molar-refractivity contribution in [2.45, 2.75) is 0 Å². The zero-order valence-corrected chi connectivity index (χ0v) is 10.0. The molecule has 2 rings (SSSR count). The van der Waals surface area contributed by atoms with E-state index in [9.17, 15) is 9.59 Å². The van der Waals surface area contributed by atoms with Crippen molar-refractivity contribution in [2.75, 3.05) is 0 Å². The van der Waals surface area contributed by atoms with E-state index < -0.39 is 0 Å². The van der Waals surface area contributed by atoms with Crippen LogP contribution in [0.1, 0.15) is 10.4 Å². The Hall–Kier alpha value is -1.58. The number of nitrogens with one attached hydrogen (secondary N) is 1. The van der Waals surface area contributed by atoms with Crippen molar-refractivity contribution in [3.63, 3.8) is 0 Å². The fraction of sp³-hybridized carbons (Fsp3) is 0. The molecule has 0 radical (unpaired) electrons. The van der Waals surface area contributed by atoms with Crippen molar-refractivity contribution in [3.8, 4) is 11.1 Å². The lowest BCUT2D eigenvalue weighted by atomic mass is 10.0. The third kappa shape index (κ3) is 2.57. The van der Waals surface area contributed by atoms with Crippen molar-refractivity contribution in [1.82, 2.24) is 4.98 Å². The highest BCUT2D eigenvalue weighted by Crippen LogP contribution is 2.27. The zero-order valence-electron chi connectivity index (χ0n) is 8.54. The van der Waals surface area contributed by atoms with Gasteiger partial charge in [0.25, 0.3) is 0 Å². The quantitative estimate of drug-likeness (QED) is 0.850. The summed E-state index contributed by atoms with van der Waals surface area (Å²) in [4.78, 5) is 24.5. The maximum atomic E-state index is 11.1. The van der Waals surface area contributed by atoms with Gasteiger partial charge in [-0.2, -0.15) is 0 Å². The Morgan fingerprint density at radius 3 is 2.29 bits per heavy atom. The van der Waals surface area contributed by atoms with Gasteiger partial charge < -0.3 is 4.98 Å². The van der Waals surface area contributed by atoms with Gasteiger partial charge in [0, 0.05) is 33.4 Å². The number of hydrogen-bond acceptors (Lipinski definition) is 2. The molecule has 3 nitrogen and oxygen atoms in total. The summed E-state index contributed by atoms with van der Waals surface area (Å²) in [5.74, 6) is 0. The van der Waals surface area contributed by atoms with Crippen molar-refractivity contribution < 1.29 is 4.79 Å². The average molecular weight is 268 g/mol. The minimum absolute atomic E-state index is 0.298. The Bertz CT molecular complexity index is 614. The monoisotopic (exact) mass is 267 g/mol. The highest BCUT2D eigenvalue weighted by atomic mass is 35.5. The first kappa shape index (κ1) is 11.9. The number of halogens is 2. The van der Waals surface area contributed by atoms with Gasteiger partial charge >= 0.3 is 0 Å². The number of aromatic amines is 1. The molecular weight excluding hydrogens is 261 g/mol. The SMILES string of the molecule is O=Cc1cc(=O)[nH]cc1-c1cc(Cl)cc(Cl)c1. The molecule has 0 aliphatic rings. The van der Waals surface area contributed by atoms with E-state index in [1.54, 1.807) is 18.2 Å². The van der Waals surface area contributed by atoms with Crippen LogP contribution in [0.3, 0.4) is 0 Å². The standard InChI is InChI=1S/C12H7Cl2NO2/c13-9-1-7(2-10(14)4-9)11-5-15-12(17)3-8(11)6-16/h1-6H,(H,15,17). The average Bonchev–Trinajstić information content (AvgIpc) is 2.27. The van der Waals surface area contributed by atoms with E-state index in [-0.39, 0.29) is 5.56 Å². The number of H-pyrrole nitrogens is 1. The molecule has 0 fully saturated rings. The first-order chi connectivity index (χ1) is 8.10. The Balaban J connectivity index is 2.67. The van der Waals surface area contributed by atoms with Crippen LogP contribution in [0.5, 0.6) is 0 Å². The van der Waals surface area contributed by atoms with Crippen molar-refractivity contribution in [2.24, 2.45) is 0 Å². The molecule has 0 saturated carbocycles. The van der Waals surface area contributed by atoms with Crippen LogP contribution in [-0.4, -0.2) is 11.3 Å². The smallest absolute Gasteiger partial charge is 0.248 e. The van der Waals surface area contributed by atoms with Gasteiger partial charge in [0.1, 0.15) is 0 Å². The van der Waals surface area contributed by atoms with Gasteiger partial charge in [0.05, 0.1) is 0 Å². The molecule has 2 aromatic rings. The lowest BCUT2D eigenvalue weighted by Gasteiger charge is -2.05. The summed E-state index contributed by atoms with van der Waals surface area (Å²) in [5.41, 5.74) is 1.24. The minimum atomic E-state index is -0.330. The van der Waals surface area contributed by atoms with Gasteiger partial charge in [-0.1, -0.05) is 23.2 Å². The summed E-state index contributed by atoms with van der Waals surface area (Å²) in [6.07, 6.45) is 2.09. The van der Waals surface area contributed by atoms with Crippen LogP contribution in [0.2, 0.25) is 10.0 Å². The highest BCUT2D eigenvalue weighted by molar-refractivity contribution is 6.35. The second-order valence-electron chi connectivity index (χ2n) is 3.44. The third-order valence-electron chi connectivity index (χ3n) is 2.26. The molecule has 86 valence electrons. The van der Waals surface area contributed by atoms with E-state index in [1.807, 2.05) is 0 Å². The van der Waals surface area contributed by atoms with Gasteiger partial charge in [0.2, 0.25) is 5.56 Å². The number of hydrogen-bond donors (Lipinski definition) is 1. The van der Waals surface area contributed by atoms with Crippen LogP contribution in [-0.2, 0) is 0 Å². The molecule has 0 unspecified atom stereocenters. The summed E-state index contributed by atoms with van der Waals surface area (Å²) >= 11 is 11.8. The fourth-order valence-corrected chi connectivity index (χ4v) is 2.07. The van der Waals surface area contributed by atoms with Crippen LogP contribution in [0.4, 0.5) is 0 Å². The van der Waals surface area contributed by atoms with E-state index >= 15 is 0 Å². The van der Waals surface area contributed by atoms with Crippen molar-refractivity contribution in [3.05, 3.63) is 56.4 Å². The Morgan fingerprint density at radius 2 is 1.71 bits per heavy atom. The van der Waals surface area contributed by atoms with E-state index in [0.717, 1.165) is 0 Å². The number of rotatable bonds is 2. The number of aldehydes is 1. The summed E-state index contributed by atoms with van der Waals surface area (Å²) in [7, 11) is 0. The molecule has 1 aromatic carbocycles. The minimum Gasteiger partial charge on any atom is -0.328 e. The van der Waals surface area contributed by atoms with E-state index in [1.165, 1.54) is 12.3 Å². The molecule has 1 heterocycles. The Morgan fingerprint density at radius 1 is 1.06 bits per heavy atom. The van der Waals surface area contributed by atoms with Crippen LogP contribution in [0.25, 0.3) is 11.1 Å². The van der Waals surface area contributed by atoms with Gasteiger partial charge in [-0.25, -0.2) is 0 Å². The number of carbonyl (C=O) groups excluding carboxylic acids is 1. The zero-order chi connectivity index (χ0) is 12.4. The summed E-state index contributed by atoms with van der Waals surface area (Å²) in [5, 5.41) is 0.936. The molecule has 1 N–H and O–H groups in total. The van der Waals surface area contributed by atoms with Crippen LogP contribution in [0, 0.1) is 0 Å². The number of pyridine rings is 1. The van der Waals surface area contributed by atoms with Crippen LogP contribution in [0.15, 0.2) is 35.3 Å². The predicted octanol–water partition coefficient (Wildman–Crippen LogP) is 3.16. The summed E-state index contributed by atoms with van der Waals surface area (Å²) < 4.78 is 0. The lowest BCUT2D eigenvalue weighted by Crippen LogP contribution is -2.06. The molecule has 0 aliphatic heterocycles. The summed E-state index contributed by atoms with van der Waals surface area (Å²) in [6.45, 7) is 0. The molecule has 0 aliphatic carbocycles. The molecule has 0 saturated heterocycles. The van der Waals surface area contributed by atoms with Crippen LogP contribution < -0.4 is 5.56 Å². The Labute approximate surface area is 107 Å². The van der Waals surface area contributed by atoms with E-state index in [0.29, 0.717) is 33.0 Å². The van der Waals surface area contributed by atoms with Gasteiger partial charge in [-0.15, -0.1) is 0 Å². The molecule has 0 spiro atoms. The maximum absolute atomic E-state index is 11.1. The van der Waals surface area contributed by atoms with Crippen molar-refractivity contribution >= 4 is 29.5 Å². The first-order valence-electron chi connectivity index (χ1n) is 4.74. The molecule has 17 heavy (non-hydrogen) atoms.